The lowest BCUT2D eigenvalue weighted by atomic mass is 9.94. The number of nitrogens with one attached hydrogen (secondary N) is 1. The molecule has 1 fully saturated rings. The van der Waals surface area contributed by atoms with Crippen LogP contribution in [0, 0.1) is 0 Å². The van der Waals surface area contributed by atoms with Gasteiger partial charge in [0.25, 0.3) is 0 Å². The number of sulfonamides is 1. The van der Waals surface area contributed by atoms with E-state index in [1.165, 1.54) is 11.8 Å². The largest absolute Gasteiger partial charge is 0.454 e. The van der Waals surface area contributed by atoms with Gasteiger partial charge in [-0.3, -0.25) is 13.9 Å². The molecular weight excluding hydrogens is 602 g/mol. The monoisotopic (exact) mass is 639 g/mol. The van der Waals surface area contributed by atoms with Crippen molar-refractivity contribution in [1.82, 2.24) is 10.2 Å². The molecule has 234 valence electrons. The highest BCUT2D eigenvalue weighted by Crippen LogP contribution is 2.36. The molecule has 1 unspecified atom stereocenters. The minimum atomic E-state index is -3.89. The van der Waals surface area contributed by atoms with Gasteiger partial charge in [0.2, 0.25) is 28.6 Å². The molecule has 0 radical (unpaired) electrons. The topological polar surface area (TPSA) is 105 Å². The number of ether oxygens (including phenoxy) is 2. The quantitative estimate of drug-likeness (QED) is 0.288. The van der Waals surface area contributed by atoms with Gasteiger partial charge in [0.15, 0.2) is 11.5 Å². The summed E-state index contributed by atoms with van der Waals surface area (Å²) in [6, 6.07) is 20.5. The van der Waals surface area contributed by atoms with Crippen LogP contribution in [0.4, 0.5) is 5.69 Å². The van der Waals surface area contributed by atoms with E-state index in [4.69, 9.17) is 21.1 Å². The number of nitrogens with zero attached hydrogens (tertiary/aromatic N) is 2. The SMILES string of the molecule is CCS(=O)(=O)N(CC(=O)N(Cc1ccc(Cl)cc1)C(Cc1ccccc1)C(=O)NC1CCCCC1)c1ccc2c(c1)OCO2. The number of halogens is 1. The first-order valence-electron chi connectivity index (χ1n) is 15.0. The van der Waals surface area contributed by atoms with E-state index in [-0.39, 0.29) is 43.1 Å². The van der Waals surface area contributed by atoms with Gasteiger partial charge in [0.1, 0.15) is 12.6 Å². The van der Waals surface area contributed by atoms with Gasteiger partial charge < -0.3 is 19.7 Å². The molecule has 9 nitrogen and oxygen atoms in total. The third-order valence-electron chi connectivity index (χ3n) is 8.11. The highest BCUT2D eigenvalue weighted by molar-refractivity contribution is 7.92. The summed E-state index contributed by atoms with van der Waals surface area (Å²) in [6.45, 7) is 1.16. The zero-order valence-electron chi connectivity index (χ0n) is 24.8. The number of carbonyl (C=O) groups is 2. The summed E-state index contributed by atoms with van der Waals surface area (Å²) in [5.74, 6) is -0.0780. The van der Waals surface area contributed by atoms with E-state index in [9.17, 15) is 18.0 Å². The predicted molar refractivity (Wildman–Crippen MR) is 170 cm³/mol. The van der Waals surface area contributed by atoms with E-state index in [0.717, 1.165) is 47.5 Å². The Morgan fingerprint density at radius 2 is 1.64 bits per heavy atom. The number of rotatable bonds is 12. The van der Waals surface area contributed by atoms with Crippen molar-refractivity contribution in [1.29, 1.82) is 0 Å². The number of carbonyl (C=O) groups excluding carboxylic acids is 2. The molecule has 11 heteroatoms. The highest BCUT2D eigenvalue weighted by atomic mass is 35.5. The number of amides is 2. The molecule has 1 aliphatic carbocycles. The van der Waals surface area contributed by atoms with E-state index in [2.05, 4.69) is 5.32 Å². The molecular formula is C33H38ClN3O6S. The minimum absolute atomic E-state index is 0.0321. The fraction of sp³-hybridized carbons (Fsp3) is 0.394. The van der Waals surface area contributed by atoms with Crippen LogP contribution < -0.4 is 19.1 Å². The summed E-state index contributed by atoms with van der Waals surface area (Å²) < 4.78 is 38.8. The van der Waals surface area contributed by atoms with Crippen LogP contribution in [0.15, 0.2) is 72.8 Å². The average molecular weight is 640 g/mol. The Hall–Kier alpha value is -3.76. The van der Waals surface area contributed by atoms with Crippen molar-refractivity contribution in [2.24, 2.45) is 0 Å². The smallest absolute Gasteiger partial charge is 0.244 e. The number of hydrogen-bond acceptors (Lipinski definition) is 6. The number of fused-ring (bicyclic) bond motifs is 1. The Morgan fingerprint density at radius 3 is 2.34 bits per heavy atom. The van der Waals surface area contributed by atoms with Crippen molar-refractivity contribution in [2.75, 3.05) is 23.4 Å². The van der Waals surface area contributed by atoms with Crippen LogP contribution in [0.1, 0.15) is 50.2 Å². The molecule has 0 bridgehead atoms. The lowest BCUT2D eigenvalue weighted by molar-refractivity contribution is -0.140. The lowest BCUT2D eigenvalue weighted by Crippen LogP contribution is -2.55. The van der Waals surface area contributed by atoms with E-state index in [1.54, 1.807) is 42.5 Å². The molecule has 5 rings (SSSR count). The summed E-state index contributed by atoms with van der Waals surface area (Å²) >= 11 is 6.15. The second kappa shape index (κ2) is 14.3. The molecule has 3 aromatic rings. The zero-order chi connectivity index (χ0) is 31.1. The molecule has 1 heterocycles. The first kappa shape index (κ1) is 31.7. The molecule has 2 aliphatic rings. The summed E-state index contributed by atoms with van der Waals surface area (Å²) in [5.41, 5.74) is 1.93. The van der Waals surface area contributed by atoms with E-state index >= 15 is 0 Å². The predicted octanol–water partition coefficient (Wildman–Crippen LogP) is 5.31. The van der Waals surface area contributed by atoms with Gasteiger partial charge >= 0.3 is 0 Å². The zero-order valence-corrected chi connectivity index (χ0v) is 26.4. The summed E-state index contributed by atoms with van der Waals surface area (Å²) in [4.78, 5) is 29.9. The Labute approximate surface area is 264 Å². The molecule has 1 N–H and O–H groups in total. The molecule has 1 aliphatic heterocycles. The Bertz CT molecular complexity index is 1550. The maximum atomic E-state index is 14.4. The van der Waals surface area contributed by atoms with Gasteiger partial charge in [-0.05, 0) is 55.2 Å². The summed E-state index contributed by atoms with van der Waals surface area (Å²) in [6.07, 6.45) is 5.27. The number of anilines is 1. The van der Waals surface area contributed by atoms with Gasteiger partial charge in [-0.25, -0.2) is 8.42 Å². The normalized spacial score (nSPS) is 15.4. The van der Waals surface area contributed by atoms with Crippen molar-refractivity contribution in [3.8, 4) is 11.5 Å². The second-order valence-electron chi connectivity index (χ2n) is 11.1. The van der Waals surface area contributed by atoms with E-state index in [0.29, 0.717) is 16.5 Å². The summed E-state index contributed by atoms with van der Waals surface area (Å²) in [5, 5.41) is 3.75. The van der Waals surface area contributed by atoms with Crippen LogP contribution in [-0.2, 0) is 32.6 Å². The third-order valence-corrected chi connectivity index (χ3v) is 10.1. The Morgan fingerprint density at radius 1 is 0.932 bits per heavy atom. The third kappa shape index (κ3) is 7.84. The number of benzene rings is 3. The Kier molecular flexibility index (Phi) is 10.3. The first-order valence-corrected chi connectivity index (χ1v) is 17.0. The van der Waals surface area contributed by atoms with Crippen LogP contribution in [0.3, 0.4) is 0 Å². The van der Waals surface area contributed by atoms with Crippen molar-refractivity contribution in [3.63, 3.8) is 0 Å². The van der Waals surface area contributed by atoms with Gasteiger partial charge in [0.05, 0.1) is 11.4 Å². The van der Waals surface area contributed by atoms with Crippen LogP contribution in [0.25, 0.3) is 0 Å². The van der Waals surface area contributed by atoms with Gasteiger partial charge in [-0.15, -0.1) is 0 Å². The van der Waals surface area contributed by atoms with Gasteiger partial charge in [-0.2, -0.15) is 0 Å². The molecule has 3 aromatic carbocycles. The fourth-order valence-corrected chi connectivity index (χ4v) is 6.82. The molecule has 0 saturated heterocycles. The number of hydrogen-bond donors (Lipinski definition) is 1. The highest BCUT2D eigenvalue weighted by Gasteiger charge is 2.35. The van der Waals surface area contributed by atoms with Crippen molar-refractivity contribution < 1.29 is 27.5 Å². The van der Waals surface area contributed by atoms with Crippen molar-refractivity contribution in [3.05, 3.63) is 88.9 Å². The standard InChI is InChI=1S/C33H38ClN3O6S/c1-2-44(40,41)37(28-17-18-30-31(20-28)43-23-42-30)22-32(38)36(21-25-13-15-26(34)16-14-25)29(19-24-9-5-3-6-10-24)33(39)35-27-11-7-4-8-12-27/h3,5-6,9-10,13-18,20,27,29H,2,4,7-8,11-12,19,21-23H2,1H3,(H,35,39). The van der Waals surface area contributed by atoms with E-state index < -0.39 is 28.5 Å². The Balaban J connectivity index is 1.51. The fourth-order valence-electron chi connectivity index (χ4n) is 5.64. The maximum absolute atomic E-state index is 14.4. The van der Waals surface area contributed by atoms with Crippen molar-refractivity contribution in [2.45, 2.75) is 64.1 Å². The van der Waals surface area contributed by atoms with Crippen LogP contribution >= 0.6 is 11.6 Å². The van der Waals surface area contributed by atoms with Crippen LogP contribution in [-0.4, -0.2) is 56.3 Å². The average Bonchev–Trinajstić information content (AvgIpc) is 3.51. The lowest BCUT2D eigenvalue weighted by Gasteiger charge is -2.35. The molecule has 1 atom stereocenters. The first-order chi connectivity index (χ1) is 21.2. The molecule has 0 spiro atoms. The molecule has 0 aromatic heterocycles. The maximum Gasteiger partial charge on any atom is 0.244 e. The molecule has 44 heavy (non-hydrogen) atoms. The minimum Gasteiger partial charge on any atom is -0.454 e. The van der Waals surface area contributed by atoms with Gasteiger partial charge in [-0.1, -0.05) is 73.3 Å². The second-order valence-corrected chi connectivity index (χ2v) is 13.8. The summed E-state index contributed by atoms with van der Waals surface area (Å²) in [7, 11) is -3.89. The van der Waals surface area contributed by atoms with E-state index in [1.807, 2.05) is 30.3 Å². The molecule has 1 saturated carbocycles. The van der Waals surface area contributed by atoms with Crippen LogP contribution in [0.2, 0.25) is 5.02 Å². The van der Waals surface area contributed by atoms with Gasteiger partial charge in [0, 0.05) is 30.1 Å². The van der Waals surface area contributed by atoms with Crippen molar-refractivity contribution >= 4 is 39.1 Å². The van der Waals surface area contributed by atoms with Crippen LogP contribution in [0.5, 0.6) is 11.5 Å². The molecule has 2 amide bonds.